The zero-order valence-corrected chi connectivity index (χ0v) is 17.7. The fourth-order valence-electron chi connectivity index (χ4n) is 2.56. The van der Waals surface area contributed by atoms with Gasteiger partial charge in [-0.15, -0.1) is 0 Å². The quantitative estimate of drug-likeness (QED) is 0.254. The number of benzene rings is 2. The number of hydrogen-bond acceptors (Lipinski definition) is 4. The molecule has 1 aromatic heterocycles. The molecule has 0 radical (unpaired) electrons. The molecule has 146 valence electrons. The van der Waals surface area contributed by atoms with Crippen LogP contribution in [0.2, 0.25) is 10.0 Å². The van der Waals surface area contributed by atoms with E-state index in [-0.39, 0.29) is 0 Å². The molecule has 0 fully saturated rings. The van der Waals surface area contributed by atoms with Gasteiger partial charge in [-0.1, -0.05) is 43.0 Å². The van der Waals surface area contributed by atoms with Gasteiger partial charge in [-0.25, -0.2) is 5.10 Å². The first kappa shape index (κ1) is 20.6. The predicted octanol–water partition coefficient (Wildman–Crippen LogP) is 6.37. The van der Waals surface area contributed by atoms with Crippen molar-refractivity contribution in [3.8, 4) is 17.1 Å². The molecule has 0 unspecified atom stereocenters. The summed E-state index contributed by atoms with van der Waals surface area (Å²) in [7, 11) is 0. The monoisotopic (exact) mass is 434 g/mol. The summed E-state index contributed by atoms with van der Waals surface area (Å²) < 4.78 is 7.62. The van der Waals surface area contributed by atoms with Crippen LogP contribution in [0.15, 0.2) is 47.6 Å². The molecular weight excluding hydrogens is 415 g/mol. The molecule has 28 heavy (non-hydrogen) atoms. The lowest BCUT2D eigenvalue weighted by molar-refractivity contribution is 0.306. The molecule has 0 aliphatic carbocycles. The predicted molar refractivity (Wildman–Crippen MR) is 117 cm³/mol. The molecule has 3 aromatic rings. The minimum Gasteiger partial charge on any atom is -0.494 e. The molecule has 8 heteroatoms. The standard InChI is InChI=1S/C20H20Cl2N4OS/c1-2-3-4-11-27-16-8-5-14(6-9-16)13-23-26-19(24-25-20(26)28)17-10-7-15(21)12-18(17)22/h5-10,12-13H,2-4,11H2,1H3,(H,25,28)/b23-13+. The van der Waals surface area contributed by atoms with Crippen LogP contribution >= 0.6 is 35.4 Å². The maximum Gasteiger partial charge on any atom is 0.216 e. The van der Waals surface area contributed by atoms with Crippen molar-refractivity contribution < 1.29 is 4.74 Å². The second-order valence-electron chi connectivity index (χ2n) is 6.16. The van der Waals surface area contributed by atoms with E-state index in [4.69, 9.17) is 40.2 Å². The number of ether oxygens (including phenoxy) is 1. The largest absolute Gasteiger partial charge is 0.494 e. The summed E-state index contributed by atoms with van der Waals surface area (Å²) in [4.78, 5) is 0. The number of aromatic amines is 1. The van der Waals surface area contributed by atoms with Gasteiger partial charge in [-0.3, -0.25) is 0 Å². The van der Waals surface area contributed by atoms with E-state index in [0.29, 0.717) is 26.2 Å². The average Bonchev–Trinajstić information content (AvgIpc) is 3.05. The van der Waals surface area contributed by atoms with Crippen LogP contribution in [0.25, 0.3) is 11.4 Å². The van der Waals surface area contributed by atoms with Crippen LogP contribution in [-0.4, -0.2) is 27.7 Å². The van der Waals surface area contributed by atoms with Crippen molar-refractivity contribution >= 4 is 41.6 Å². The molecule has 0 amide bonds. The Morgan fingerprint density at radius 3 is 2.68 bits per heavy atom. The summed E-state index contributed by atoms with van der Waals surface area (Å²) in [5, 5.41) is 12.5. The van der Waals surface area contributed by atoms with Gasteiger partial charge in [0, 0.05) is 10.6 Å². The second-order valence-corrected chi connectivity index (χ2v) is 7.39. The number of rotatable bonds is 8. The highest BCUT2D eigenvalue weighted by atomic mass is 35.5. The number of nitrogens with zero attached hydrogens (tertiary/aromatic N) is 3. The molecule has 0 saturated heterocycles. The molecule has 5 nitrogen and oxygen atoms in total. The Kier molecular flexibility index (Phi) is 7.25. The molecule has 0 aliphatic rings. The number of unbranched alkanes of at least 4 members (excludes halogenated alkanes) is 2. The third kappa shape index (κ3) is 5.22. The SMILES string of the molecule is CCCCCOc1ccc(/C=N/n2c(-c3ccc(Cl)cc3Cl)n[nH]c2=S)cc1. The van der Waals surface area contributed by atoms with Crippen molar-refractivity contribution in [3.05, 3.63) is 62.8 Å². The fraction of sp³-hybridized carbons (Fsp3) is 0.250. The van der Waals surface area contributed by atoms with Gasteiger partial charge in [0.1, 0.15) is 5.75 Å². The van der Waals surface area contributed by atoms with Gasteiger partial charge in [0.05, 0.1) is 17.8 Å². The van der Waals surface area contributed by atoms with Crippen LogP contribution in [-0.2, 0) is 0 Å². The lowest BCUT2D eigenvalue weighted by atomic mass is 10.2. The topological polar surface area (TPSA) is 55.2 Å². The van der Waals surface area contributed by atoms with E-state index in [1.54, 1.807) is 24.4 Å². The normalized spacial score (nSPS) is 11.2. The smallest absolute Gasteiger partial charge is 0.216 e. The van der Waals surface area contributed by atoms with Crippen LogP contribution in [0.4, 0.5) is 0 Å². The first-order chi connectivity index (χ1) is 13.6. The average molecular weight is 435 g/mol. The van der Waals surface area contributed by atoms with Crippen molar-refractivity contribution in [1.29, 1.82) is 0 Å². The van der Waals surface area contributed by atoms with Crippen molar-refractivity contribution in [2.45, 2.75) is 26.2 Å². The molecule has 0 bridgehead atoms. The molecule has 0 spiro atoms. The molecular formula is C20H20Cl2N4OS. The zero-order valence-electron chi connectivity index (χ0n) is 15.4. The van der Waals surface area contributed by atoms with E-state index in [9.17, 15) is 0 Å². The lowest BCUT2D eigenvalue weighted by Gasteiger charge is -2.06. The molecule has 1 N–H and O–H groups in total. The van der Waals surface area contributed by atoms with Crippen LogP contribution in [0.1, 0.15) is 31.7 Å². The zero-order chi connectivity index (χ0) is 19.9. The number of nitrogens with one attached hydrogen (secondary N) is 1. The number of halogens is 2. The third-order valence-electron chi connectivity index (χ3n) is 4.04. The van der Waals surface area contributed by atoms with E-state index < -0.39 is 0 Å². The maximum atomic E-state index is 6.29. The Morgan fingerprint density at radius 1 is 1.18 bits per heavy atom. The van der Waals surface area contributed by atoms with Gasteiger partial charge in [0.2, 0.25) is 4.77 Å². The molecule has 0 atom stereocenters. The van der Waals surface area contributed by atoms with Crippen molar-refractivity contribution in [1.82, 2.24) is 14.9 Å². The minimum absolute atomic E-state index is 0.369. The number of hydrogen-bond donors (Lipinski definition) is 1. The summed E-state index contributed by atoms with van der Waals surface area (Å²) in [6.07, 6.45) is 5.13. The maximum absolute atomic E-state index is 6.29. The van der Waals surface area contributed by atoms with Crippen LogP contribution < -0.4 is 4.74 Å². The molecule has 1 heterocycles. The van der Waals surface area contributed by atoms with Gasteiger partial charge in [0.25, 0.3) is 0 Å². The Balaban J connectivity index is 1.76. The van der Waals surface area contributed by atoms with E-state index in [0.717, 1.165) is 24.3 Å². The van der Waals surface area contributed by atoms with Crippen molar-refractivity contribution in [2.75, 3.05) is 6.61 Å². The minimum atomic E-state index is 0.369. The van der Waals surface area contributed by atoms with E-state index in [1.807, 2.05) is 24.3 Å². The number of aromatic nitrogens is 3. The van der Waals surface area contributed by atoms with Gasteiger partial charge in [-0.05, 0) is 66.7 Å². The van der Waals surface area contributed by atoms with Crippen molar-refractivity contribution in [2.24, 2.45) is 5.10 Å². The van der Waals surface area contributed by atoms with Crippen molar-refractivity contribution in [3.63, 3.8) is 0 Å². The van der Waals surface area contributed by atoms with Gasteiger partial charge in [-0.2, -0.15) is 14.9 Å². The van der Waals surface area contributed by atoms with Crippen LogP contribution in [0.3, 0.4) is 0 Å². The summed E-state index contributed by atoms with van der Waals surface area (Å²) in [5.41, 5.74) is 1.60. The first-order valence-electron chi connectivity index (χ1n) is 8.98. The Hall–Kier alpha value is -2.15. The van der Waals surface area contributed by atoms with Gasteiger partial charge in [0.15, 0.2) is 5.82 Å². The highest BCUT2D eigenvalue weighted by molar-refractivity contribution is 7.71. The Morgan fingerprint density at radius 2 is 1.96 bits per heavy atom. The molecule has 2 aromatic carbocycles. The summed E-state index contributed by atoms with van der Waals surface area (Å²) in [6, 6.07) is 12.9. The Bertz CT molecular complexity index is 1010. The van der Waals surface area contributed by atoms with E-state index in [2.05, 4.69) is 22.2 Å². The summed E-state index contributed by atoms with van der Waals surface area (Å²) >= 11 is 17.5. The molecule has 3 rings (SSSR count). The lowest BCUT2D eigenvalue weighted by Crippen LogP contribution is -1.97. The van der Waals surface area contributed by atoms with Gasteiger partial charge >= 0.3 is 0 Å². The fourth-order valence-corrected chi connectivity index (χ4v) is 3.23. The van der Waals surface area contributed by atoms with E-state index >= 15 is 0 Å². The Labute approximate surface area is 179 Å². The van der Waals surface area contributed by atoms with Crippen LogP contribution in [0.5, 0.6) is 5.75 Å². The highest BCUT2D eigenvalue weighted by Crippen LogP contribution is 2.29. The second kappa shape index (κ2) is 9.87. The van der Waals surface area contributed by atoms with E-state index in [1.165, 1.54) is 17.5 Å². The molecule has 0 aliphatic heterocycles. The summed E-state index contributed by atoms with van der Waals surface area (Å²) in [5.74, 6) is 1.36. The van der Waals surface area contributed by atoms with Gasteiger partial charge < -0.3 is 4.74 Å². The highest BCUT2D eigenvalue weighted by Gasteiger charge is 2.12. The first-order valence-corrected chi connectivity index (χ1v) is 10.1. The van der Waals surface area contributed by atoms with Crippen LogP contribution in [0, 0.1) is 4.77 Å². The third-order valence-corrected chi connectivity index (χ3v) is 4.85. The summed E-state index contributed by atoms with van der Waals surface area (Å²) in [6.45, 7) is 2.91. The number of H-pyrrole nitrogens is 1. The molecule has 0 saturated carbocycles.